The molecule has 2 bridgehead atoms. The molecule has 0 amide bonds. The minimum Gasteiger partial charge on any atom is -0.497 e. The molecule has 1 aromatic rings. The quantitative estimate of drug-likeness (QED) is 0.792. The molecular weight excluding hydrogens is 346 g/mol. The molecule has 3 heterocycles. The molecule has 0 aliphatic carbocycles. The van der Waals surface area contributed by atoms with Crippen molar-refractivity contribution in [2.75, 3.05) is 21.3 Å². The van der Waals surface area contributed by atoms with Crippen molar-refractivity contribution in [1.29, 1.82) is 5.26 Å². The van der Waals surface area contributed by atoms with E-state index in [1.807, 2.05) is 36.2 Å². The van der Waals surface area contributed by atoms with E-state index >= 15 is 0 Å². The molecule has 0 saturated carbocycles. The predicted octanol–water partition coefficient (Wildman–Crippen LogP) is 0.909. The van der Waals surface area contributed by atoms with Crippen LogP contribution in [0.3, 0.4) is 0 Å². The van der Waals surface area contributed by atoms with Gasteiger partial charge in [-0.3, -0.25) is 19.8 Å². The molecule has 3 aliphatic rings. The average molecular weight is 369 g/mol. The van der Waals surface area contributed by atoms with E-state index in [0.29, 0.717) is 12.2 Å². The van der Waals surface area contributed by atoms with Gasteiger partial charge in [0.2, 0.25) is 0 Å². The molecule has 7 heteroatoms. The SMILES string of the molecule is COC(=O)[C@@H]1N[C@H](c2cccc(OC)c2)[C@H]2C(=O)[C@H]3C[C@@H](C#N)[C@H]([C@H]21)N3C. The van der Waals surface area contributed by atoms with Crippen LogP contribution in [0.25, 0.3) is 0 Å². The largest absolute Gasteiger partial charge is 0.497 e. The van der Waals surface area contributed by atoms with Crippen molar-refractivity contribution in [1.82, 2.24) is 10.2 Å². The number of hydrogen-bond acceptors (Lipinski definition) is 7. The Balaban J connectivity index is 1.80. The summed E-state index contributed by atoms with van der Waals surface area (Å²) in [6, 6.07) is 8.56. The number of fused-ring (bicyclic) bond motifs is 4. The highest BCUT2D eigenvalue weighted by atomic mass is 16.5. The summed E-state index contributed by atoms with van der Waals surface area (Å²) in [7, 11) is 4.83. The number of hydrogen-bond donors (Lipinski definition) is 1. The van der Waals surface area contributed by atoms with E-state index in [1.54, 1.807) is 7.11 Å². The summed E-state index contributed by atoms with van der Waals surface area (Å²) in [6.45, 7) is 0. The Morgan fingerprint density at radius 2 is 2.15 bits per heavy atom. The van der Waals surface area contributed by atoms with Gasteiger partial charge in [0.05, 0.1) is 32.2 Å². The first kappa shape index (κ1) is 18.0. The van der Waals surface area contributed by atoms with Crippen LogP contribution in [0, 0.1) is 29.1 Å². The van der Waals surface area contributed by atoms with Crippen LogP contribution >= 0.6 is 0 Å². The summed E-state index contributed by atoms with van der Waals surface area (Å²) in [6.07, 6.45) is 0.530. The second-order valence-corrected chi connectivity index (χ2v) is 7.57. The Kier molecular flexibility index (Phi) is 4.41. The maximum atomic E-state index is 13.4. The van der Waals surface area contributed by atoms with Crippen molar-refractivity contribution in [3.63, 3.8) is 0 Å². The van der Waals surface area contributed by atoms with Crippen LogP contribution in [0.5, 0.6) is 5.75 Å². The molecular formula is C20H23N3O4. The second-order valence-electron chi connectivity index (χ2n) is 7.57. The molecule has 1 N–H and O–H groups in total. The van der Waals surface area contributed by atoms with E-state index in [-0.39, 0.29) is 41.7 Å². The summed E-state index contributed by atoms with van der Waals surface area (Å²) >= 11 is 0. The summed E-state index contributed by atoms with van der Waals surface area (Å²) in [5.74, 6) is -0.523. The van der Waals surface area contributed by atoms with Gasteiger partial charge in [-0.2, -0.15) is 5.26 Å². The number of methoxy groups -OCH3 is 2. The minimum atomic E-state index is -0.623. The van der Waals surface area contributed by atoms with Crippen LogP contribution in [-0.2, 0) is 14.3 Å². The number of rotatable bonds is 3. The lowest BCUT2D eigenvalue weighted by Crippen LogP contribution is -2.56. The lowest BCUT2D eigenvalue weighted by molar-refractivity contribution is -0.146. The second kappa shape index (κ2) is 6.63. The number of ether oxygens (including phenoxy) is 2. The molecule has 0 spiro atoms. The van der Waals surface area contributed by atoms with E-state index in [0.717, 1.165) is 5.56 Å². The Bertz CT molecular complexity index is 820. The molecule has 142 valence electrons. The fourth-order valence-electron chi connectivity index (χ4n) is 5.34. The van der Waals surface area contributed by atoms with Gasteiger partial charge in [0.25, 0.3) is 0 Å². The third-order valence-electron chi connectivity index (χ3n) is 6.49. The zero-order valence-corrected chi connectivity index (χ0v) is 15.6. The van der Waals surface area contributed by atoms with Crippen LogP contribution in [0.4, 0.5) is 0 Å². The number of nitrogens with zero attached hydrogens (tertiary/aromatic N) is 2. The fourth-order valence-corrected chi connectivity index (χ4v) is 5.34. The molecule has 0 unspecified atom stereocenters. The van der Waals surface area contributed by atoms with Gasteiger partial charge in [-0.25, -0.2) is 0 Å². The summed E-state index contributed by atoms with van der Waals surface area (Å²) in [5, 5.41) is 13.0. The minimum absolute atomic E-state index is 0.100. The smallest absolute Gasteiger partial charge is 0.323 e. The molecule has 7 nitrogen and oxygen atoms in total. The van der Waals surface area contributed by atoms with Gasteiger partial charge < -0.3 is 9.47 Å². The Hall–Kier alpha value is -2.43. The van der Waals surface area contributed by atoms with Crippen LogP contribution in [0.15, 0.2) is 24.3 Å². The number of likely N-dealkylation sites (N-methyl/N-ethyl adjacent to an activating group) is 1. The average Bonchev–Trinajstić information content (AvgIpc) is 3.20. The maximum absolute atomic E-state index is 13.4. The highest BCUT2D eigenvalue weighted by Gasteiger charge is 2.64. The first-order valence-electron chi connectivity index (χ1n) is 9.15. The molecule has 3 fully saturated rings. The zero-order chi connectivity index (χ0) is 19.3. The van der Waals surface area contributed by atoms with Crippen molar-refractivity contribution in [2.24, 2.45) is 17.8 Å². The molecule has 4 rings (SSSR count). The number of benzene rings is 1. The highest BCUT2D eigenvalue weighted by molar-refractivity contribution is 5.91. The summed E-state index contributed by atoms with van der Waals surface area (Å²) < 4.78 is 10.3. The highest BCUT2D eigenvalue weighted by Crippen LogP contribution is 2.51. The van der Waals surface area contributed by atoms with Gasteiger partial charge in [0, 0.05) is 23.9 Å². The number of Topliss-reactive ketones (excluding diaryl/α,β-unsaturated/α-hetero) is 1. The summed E-state index contributed by atoms with van der Waals surface area (Å²) in [4.78, 5) is 27.9. The van der Waals surface area contributed by atoms with E-state index in [4.69, 9.17) is 9.47 Å². The Morgan fingerprint density at radius 3 is 2.81 bits per heavy atom. The third kappa shape index (κ3) is 2.55. The first-order chi connectivity index (χ1) is 13.0. The van der Waals surface area contributed by atoms with Crippen LogP contribution in [0.2, 0.25) is 0 Å². The van der Waals surface area contributed by atoms with Crippen molar-refractivity contribution >= 4 is 11.8 Å². The van der Waals surface area contributed by atoms with Crippen molar-refractivity contribution in [3.8, 4) is 11.8 Å². The predicted molar refractivity (Wildman–Crippen MR) is 95.7 cm³/mol. The Labute approximate surface area is 158 Å². The number of ketones is 1. The monoisotopic (exact) mass is 369 g/mol. The van der Waals surface area contributed by atoms with E-state index in [2.05, 4.69) is 11.4 Å². The van der Waals surface area contributed by atoms with Gasteiger partial charge in [-0.1, -0.05) is 12.1 Å². The Morgan fingerprint density at radius 1 is 1.37 bits per heavy atom. The summed E-state index contributed by atoms with van der Waals surface area (Å²) in [5.41, 5.74) is 0.904. The molecule has 7 atom stereocenters. The van der Waals surface area contributed by atoms with Crippen LogP contribution in [0.1, 0.15) is 18.0 Å². The number of esters is 1. The van der Waals surface area contributed by atoms with Gasteiger partial charge in [-0.05, 0) is 31.2 Å². The molecule has 3 aliphatic heterocycles. The van der Waals surface area contributed by atoms with Gasteiger partial charge in [0.15, 0.2) is 5.78 Å². The lowest BCUT2D eigenvalue weighted by atomic mass is 9.73. The topological polar surface area (TPSA) is 91.7 Å². The van der Waals surface area contributed by atoms with Crippen LogP contribution < -0.4 is 10.1 Å². The van der Waals surface area contributed by atoms with E-state index in [1.165, 1.54) is 7.11 Å². The molecule has 0 aromatic heterocycles. The molecule has 1 aromatic carbocycles. The normalized spacial score (nSPS) is 37.6. The standard InChI is InChI=1S/C20H23N3O4/c1-23-13-8-11(9-21)18(23)14-15(19(13)24)16(22-17(14)20(25)27-3)10-5-4-6-12(7-10)26-2/h4-7,11,13-18,22H,8H2,1-3H3/t11-,13+,14+,15-,16+,17+,18+/m0/s1. The van der Waals surface area contributed by atoms with Gasteiger partial charge >= 0.3 is 5.97 Å². The van der Waals surface area contributed by atoms with Crippen molar-refractivity contribution < 1.29 is 19.1 Å². The lowest BCUT2D eigenvalue weighted by Gasteiger charge is -2.41. The number of nitriles is 1. The van der Waals surface area contributed by atoms with E-state index < -0.39 is 12.0 Å². The fraction of sp³-hybridized carbons (Fsp3) is 0.550. The number of piperidine rings is 1. The van der Waals surface area contributed by atoms with E-state index in [9.17, 15) is 14.9 Å². The van der Waals surface area contributed by atoms with Crippen molar-refractivity contribution in [2.45, 2.75) is 30.6 Å². The zero-order valence-electron chi connectivity index (χ0n) is 15.6. The molecule has 3 saturated heterocycles. The van der Waals surface area contributed by atoms with Gasteiger partial charge in [-0.15, -0.1) is 0 Å². The molecule has 27 heavy (non-hydrogen) atoms. The maximum Gasteiger partial charge on any atom is 0.323 e. The van der Waals surface area contributed by atoms with Crippen LogP contribution in [-0.4, -0.2) is 56.0 Å². The number of nitrogens with one attached hydrogen (secondary N) is 1. The molecule has 0 radical (unpaired) electrons. The van der Waals surface area contributed by atoms with Crippen molar-refractivity contribution in [3.05, 3.63) is 29.8 Å². The third-order valence-corrected chi connectivity index (χ3v) is 6.49. The number of carbonyl (C=O) groups is 2. The van der Waals surface area contributed by atoms with Gasteiger partial charge in [0.1, 0.15) is 11.8 Å². The number of carbonyl (C=O) groups excluding carboxylic acids is 2. The first-order valence-corrected chi connectivity index (χ1v) is 9.15.